The van der Waals surface area contributed by atoms with Crippen LogP contribution in [-0.2, 0) is 0 Å². The Morgan fingerprint density at radius 2 is 2.06 bits per heavy atom. The third-order valence-electron chi connectivity index (χ3n) is 2.41. The predicted molar refractivity (Wildman–Crippen MR) is 73.0 cm³/mol. The number of halogens is 1. The Bertz CT molecular complexity index is 531. The summed E-state index contributed by atoms with van der Waals surface area (Å²) in [6.45, 7) is 0. The van der Waals surface area contributed by atoms with E-state index in [4.69, 9.17) is 16.3 Å². The van der Waals surface area contributed by atoms with Gasteiger partial charge in [0.05, 0.1) is 12.8 Å². The smallest absolute Gasteiger partial charge is 0.122 e. The summed E-state index contributed by atoms with van der Waals surface area (Å²) in [5.41, 5.74) is 1.96. The molecule has 1 aromatic heterocycles. The van der Waals surface area contributed by atoms with Gasteiger partial charge in [-0.25, -0.2) is 0 Å². The zero-order valence-corrected chi connectivity index (χ0v) is 11.2. The van der Waals surface area contributed by atoms with Crippen LogP contribution in [0.2, 0.25) is 5.02 Å². The highest BCUT2D eigenvalue weighted by molar-refractivity contribution is 7.98. The van der Waals surface area contributed by atoms with Crippen LogP contribution in [0.4, 0.5) is 0 Å². The molecule has 0 unspecified atom stereocenters. The molecule has 4 heteroatoms. The maximum atomic E-state index is 5.98. The second-order valence-electron chi connectivity index (χ2n) is 3.43. The summed E-state index contributed by atoms with van der Waals surface area (Å²) in [6, 6.07) is 9.55. The van der Waals surface area contributed by atoms with Crippen molar-refractivity contribution in [1.29, 1.82) is 0 Å². The largest absolute Gasteiger partial charge is 0.497 e. The van der Waals surface area contributed by atoms with Crippen molar-refractivity contribution < 1.29 is 4.74 Å². The lowest BCUT2D eigenvalue weighted by molar-refractivity contribution is 0.414. The van der Waals surface area contributed by atoms with Crippen LogP contribution in [0.3, 0.4) is 0 Å². The molecule has 1 heterocycles. The quantitative estimate of drug-likeness (QED) is 0.779. The Balaban J connectivity index is 2.51. The number of pyridine rings is 1. The molecule has 1 aromatic carbocycles. The van der Waals surface area contributed by atoms with Gasteiger partial charge in [-0.1, -0.05) is 17.7 Å². The highest BCUT2D eigenvalue weighted by atomic mass is 35.5. The number of aromatic nitrogens is 1. The minimum absolute atomic E-state index is 0.737. The van der Waals surface area contributed by atoms with Gasteiger partial charge in [-0.15, -0.1) is 11.8 Å². The van der Waals surface area contributed by atoms with E-state index in [1.165, 1.54) is 0 Å². The Kier molecular flexibility index (Phi) is 3.92. The first-order valence-corrected chi connectivity index (χ1v) is 6.69. The number of benzene rings is 1. The van der Waals surface area contributed by atoms with Gasteiger partial charge in [0, 0.05) is 27.7 Å². The van der Waals surface area contributed by atoms with Gasteiger partial charge in [-0.2, -0.15) is 0 Å². The van der Waals surface area contributed by atoms with Crippen LogP contribution in [0.5, 0.6) is 5.75 Å². The summed E-state index contributed by atoms with van der Waals surface area (Å²) in [7, 11) is 1.65. The minimum Gasteiger partial charge on any atom is -0.497 e. The topological polar surface area (TPSA) is 22.1 Å². The van der Waals surface area contributed by atoms with Gasteiger partial charge in [-0.3, -0.25) is 4.98 Å². The third kappa shape index (κ3) is 2.73. The average molecular weight is 266 g/mol. The van der Waals surface area contributed by atoms with E-state index in [9.17, 15) is 0 Å². The van der Waals surface area contributed by atoms with Crippen molar-refractivity contribution in [3.05, 3.63) is 41.6 Å². The van der Waals surface area contributed by atoms with Crippen LogP contribution in [0, 0.1) is 0 Å². The molecule has 88 valence electrons. The summed E-state index contributed by atoms with van der Waals surface area (Å²) < 4.78 is 5.20. The van der Waals surface area contributed by atoms with Crippen LogP contribution in [0.15, 0.2) is 41.4 Å². The third-order valence-corrected chi connectivity index (χ3v) is 3.42. The minimum atomic E-state index is 0.737. The molecule has 17 heavy (non-hydrogen) atoms. The van der Waals surface area contributed by atoms with E-state index in [0.29, 0.717) is 0 Å². The van der Waals surface area contributed by atoms with Gasteiger partial charge in [0.25, 0.3) is 0 Å². The first-order chi connectivity index (χ1) is 8.24. The summed E-state index contributed by atoms with van der Waals surface area (Å²) in [5.74, 6) is 0.803. The second kappa shape index (κ2) is 5.43. The monoisotopic (exact) mass is 265 g/mol. The van der Waals surface area contributed by atoms with Crippen molar-refractivity contribution in [2.24, 2.45) is 0 Å². The van der Waals surface area contributed by atoms with E-state index in [-0.39, 0.29) is 0 Å². The highest BCUT2D eigenvalue weighted by Gasteiger charge is 2.07. The molecule has 0 fully saturated rings. The van der Waals surface area contributed by atoms with Crippen LogP contribution >= 0.6 is 23.4 Å². The first-order valence-electron chi connectivity index (χ1n) is 5.08. The fourth-order valence-electron chi connectivity index (χ4n) is 1.56. The summed E-state index contributed by atoms with van der Waals surface area (Å²) in [6.07, 6.45) is 3.77. The summed E-state index contributed by atoms with van der Waals surface area (Å²) >= 11 is 7.64. The molecular weight excluding hydrogens is 254 g/mol. The van der Waals surface area contributed by atoms with Gasteiger partial charge in [0.1, 0.15) is 5.75 Å². The molecule has 2 nitrogen and oxygen atoms in total. The number of thioether (sulfide) groups is 1. The SMILES string of the molecule is COc1ccnc(-c2ccc(Cl)cc2SC)c1. The molecule has 0 bridgehead atoms. The lowest BCUT2D eigenvalue weighted by Crippen LogP contribution is -1.89. The van der Waals surface area contributed by atoms with Crippen molar-refractivity contribution in [2.45, 2.75) is 4.90 Å². The molecule has 0 spiro atoms. The highest BCUT2D eigenvalue weighted by Crippen LogP contribution is 2.32. The molecule has 0 radical (unpaired) electrons. The maximum Gasteiger partial charge on any atom is 0.122 e. The van der Waals surface area contributed by atoms with Gasteiger partial charge in [0.15, 0.2) is 0 Å². The zero-order chi connectivity index (χ0) is 12.3. The fraction of sp³-hybridized carbons (Fsp3) is 0.154. The maximum absolute atomic E-state index is 5.98. The molecule has 2 rings (SSSR count). The Labute approximate surface area is 110 Å². The molecule has 0 aliphatic rings. The molecule has 0 N–H and O–H groups in total. The van der Waals surface area contributed by atoms with E-state index < -0.39 is 0 Å². The lowest BCUT2D eigenvalue weighted by Gasteiger charge is -2.08. The van der Waals surface area contributed by atoms with Gasteiger partial charge < -0.3 is 4.74 Å². The van der Waals surface area contributed by atoms with Crippen LogP contribution in [0.1, 0.15) is 0 Å². The molecule has 0 saturated heterocycles. The zero-order valence-electron chi connectivity index (χ0n) is 9.61. The standard InChI is InChI=1S/C13H12ClNOS/c1-16-10-5-6-15-12(8-10)11-4-3-9(14)7-13(11)17-2/h3-8H,1-2H3. The van der Waals surface area contributed by atoms with Crippen molar-refractivity contribution in [2.75, 3.05) is 13.4 Å². The van der Waals surface area contributed by atoms with Crippen molar-refractivity contribution in [3.8, 4) is 17.0 Å². The van der Waals surface area contributed by atoms with Crippen molar-refractivity contribution in [1.82, 2.24) is 4.98 Å². The van der Waals surface area contributed by atoms with Crippen molar-refractivity contribution >= 4 is 23.4 Å². The molecule has 0 atom stereocenters. The molecule has 0 saturated carbocycles. The van der Waals surface area contributed by atoms with Gasteiger partial charge in [0.2, 0.25) is 0 Å². The molecule has 0 amide bonds. The predicted octanol–water partition coefficient (Wildman–Crippen LogP) is 4.13. The van der Waals surface area contributed by atoms with E-state index in [0.717, 1.165) is 26.9 Å². The Hall–Kier alpha value is -1.19. The normalized spacial score (nSPS) is 10.3. The number of hydrogen-bond acceptors (Lipinski definition) is 3. The van der Waals surface area contributed by atoms with Crippen LogP contribution < -0.4 is 4.74 Å². The Morgan fingerprint density at radius 3 is 2.76 bits per heavy atom. The number of ether oxygens (including phenoxy) is 1. The van der Waals surface area contributed by atoms with E-state index in [1.807, 2.05) is 36.6 Å². The van der Waals surface area contributed by atoms with E-state index in [1.54, 1.807) is 25.1 Å². The van der Waals surface area contributed by atoms with Gasteiger partial charge in [-0.05, 0) is 24.5 Å². The number of hydrogen-bond donors (Lipinski definition) is 0. The van der Waals surface area contributed by atoms with Crippen LogP contribution in [-0.4, -0.2) is 18.3 Å². The van der Waals surface area contributed by atoms with E-state index >= 15 is 0 Å². The van der Waals surface area contributed by atoms with E-state index in [2.05, 4.69) is 4.98 Å². The molecule has 0 aliphatic heterocycles. The number of methoxy groups -OCH3 is 1. The average Bonchev–Trinajstić information content (AvgIpc) is 2.38. The lowest BCUT2D eigenvalue weighted by atomic mass is 10.1. The molecule has 2 aromatic rings. The fourth-order valence-corrected chi connectivity index (χ4v) is 2.44. The molecule has 0 aliphatic carbocycles. The number of nitrogens with zero attached hydrogens (tertiary/aromatic N) is 1. The number of rotatable bonds is 3. The Morgan fingerprint density at radius 1 is 1.24 bits per heavy atom. The molecular formula is C13H12ClNOS. The summed E-state index contributed by atoms with van der Waals surface area (Å²) in [4.78, 5) is 5.47. The summed E-state index contributed by atoms with van der Waals surface area (Å²) in [5, 5.41) is 0.737. The van der Waals surface area contributed by atoms with Gasteiger partial charge >= 0.3 is 0 Å². The van der Waals surface area contributed by atoms with Crippen molar-refractivity contribution in [3.63, 3.8) is 0 Å². The van der Waals surface area contributed by atoms with Crippen LogP contribution in [0.25, 0.3) is 11.3 Å². The second-order valence-corrected chi connectivity index (χ2v) is 4.71. The first kappa shape index (κ1) is 12.3.